The van der Waals surface area contributed by atoms with Crippen LogP contribution in [0.2, 0.25) is 0 Å². The lowest BCUT2D eigenvalue weighted by molar-refractivity contribution is 0.0910. The molecule has 0 fully saturated rings. The fourth-order valence-electron chi connectivity index (χ4n) is 2.28. The molecular formula is C18H16N2O3. The van der Waals surface area contributed by atoms with E-state index in [9.17, 15) is 9.59 Å². The maximum atomic E-state index is 12.1. The summed E-state index contributed by atoms with van der Waals surface area (Å²) in [5.41, 5.74) is 0.598. The van der Waals surface area contributed by atoms with Crippen LogP contribution in [-0.2, 0) is 0 Å². The maximum absolute atomic E-state index is 12.1. The van der Waals surface area contributed by atoms with E-state index in [1.54, 1.807) is 18.2 Å². The highest BCUT2D eigenvalue weighted by Crippen LogP contribution is 2.15. The van der Waals surface area contributed by atoms with Crippen LogP contribution >= 0.6 is 0 Å². The molecule has 3 rings (SSSR count). The van der Waals surface area contributed by atoms with Crippen molar-refractivity contribution < 1.29 is 14.0 Å². The van der Waals surface area contributed by atoms with Gasteiger partial charge in [0.15, 0.2) is 5.76 Å². The molecular weight excluding hydrogens is 292 g/mol. The van der Waals surface area contributed by atoms with Gasteiger partial charge in [0.2, 0.25) is 0 Å². The second-order valence-electron chi connectivity index (χ2n) is 5.05. The van der Waals surface area contributed by atoms with Crippen molar-refractivity contribution in [3.05, 3.63) is 72.2 Å². The van der Waals surface area contributed by atoms with Crippen molar-refractivity contribution in [3.63, 3.8) is 0 Å². The first-order valence-corrected chi connectivity index (χ1v) is 7.33. The molecule has 2 N–H and O–H groups in total. The lowest BCUT2D eigenvalue weighted by atomic mass is 10.1. The zero-order valence-electron chi connectivity index (χ0n) is 12.4. The molecule has 0 spiro atoms. The van der Waals surface area contributed by atoms with Crippen LogP contribution in [0.5, 0.6) is 0 Å². The molecule has 5 nitrogen and oxygen atoms in total. The molecule has 0 unspecified atom stereocenters. The van der Waals surface area contributed by atoms with Crippen LogP contribution in [0.3, 0.4) is 0 Å². The summed E-state index contributed by atoms with van der Waals surface area (Å²) in [4.78, 5) is 23.8. The number of carbonyl (C=O) groups excluding carboxylic acids is 2. The Morgan fingerprint density at radius 1 is 0.826 bits per heavy atom. The quantitative estimate of drug-likeness (QED) is 0.712. The number of amides is 2. The van der Waals surface area contributed by atoms with E-state index < -0.39 is 0 Å². The minimum atomic E-state index is -0.296. The van der Waals surface area contributed by atoms with Crippen molar-refractivity contribution in [2.75, 3.05) is 13.1 Å². The van der Waals surface area contributed by atoms with Crippen molar-refractivity contribution in [2.45, 2.75) is 0 Å². The predicted octanol–water partition coefficient (Wildman–Crippen LogP) is 2.59. The molecule has 2 aromatic carbocycles. The van der Waals surface area contributed by atoms with Gasteiger partial charge >= 0.3 is 0 Å². The van der Waals surface area contributed by atoms with Crippen molar-refractivity contribution in [1.29, 1.82) is 0 Å². The average Bonchev–Trinajstić information content (AvgIpc) is 3.12. The van der Waals surface area contributed by atoms with E-state index in [4.69, 9.17) is 4.42 Å². The van der Waals surface area contributed by atoms with Gasteiger partial charge in [-0.25, -0.2) is 0 Å². The fraction of sp³-hybridized carbons (Fsp3) is 0.111. The lowest BCUT2D eigenvalue weighted by Crippen LogP contribution is -2.34. The minimum absolute atomic E-state index is 0.164. The van der Waals surface area contributed by atoms with Gasteiger partial charge in [0.05, 0.1) is 6.26 Å². The third-order valence-electron chi connectivity index (χ3n) is 3.45. The third kappa shape index (κ3) is 3.58. The Morgan fingerprint density at radius 2 is 1.57 bits per heavy atom. The number of hydrogen-bond donors (Lipinski definition) is 2. The van der Waals surface area contributed by atoms with Crippen LogP contribution < -0.4 is 10.6 Å². The van der Waals surface area contributed by atoms with E-state index >= 15 is 0 Å². The molecule has 3 aromatic rings. The van der Waals surface area contributed by atoms with Crippen LogP contribution in [0.4, 0.5) is 0 Å². The Hall–Kier alpha value is -3.08. The summed E-state index contributed by atoms with van der Waals surface area (Å²) < 4.78 is 4.98. The molecule has 0 saturated heterocycles. The van der Waals surface area contributed by atoms with E-state index in [0.29, 0.717) is 18.7 Å². The van der Waals surface area contributed by atoms with Gasteiger partial charge in [0, 0.05) is 18.7 Å². The number of nitrogens with one attached hydrogen (secondary N) is 2. The van der Waals surface area contributed by atoms with E-state index in [2.05, 4.69) is 10.6 Å². The summed E-state index contributed by atoms with van der Waals surface area (Å²) >= 11 is 0. The molecule has 5 heteroatoms. The van der Waals surface area contributed by atoms with E-state index in [1.807, 2.05) is 36.4 Å². The molecule has 0 saturated carbocycles. The first-order valence-electron chi connectivity index (χ1n) is 7.33. The standard InChI is InChI=1S/C18H16N2O3/c21-17(15-8-7-13-4-1-2-5-14(13)12-15)19-9-10-20-18(22)16-6-3-11-23-16/h1-8,11-12H,9-10H2,(H,19,21)(H,20,22). The second kappa shape index (κ2) is 6.79. The van der Waals surface area contributed by atoms with Crippen molar-refractivity contribution >= 4 is 22.6 Å². The summed E-state index contributed by atoms with van der Waals surface area (Å²) in [6, 6.07) is 16.7. The summed E-state index contributed by atoms with van der Waals surface area (Å²) in [5, 5.41) is 7.57. The van der Waals surface area contributed by atoms with E-state index in [-0.39, 0.29) is 17.6 Å². The Labute approximate surface area is 133 Å². The van der Waals surface area contributed by atoms with Gasteiger partial charge in [-0.05, 0) is 35.0 Å². The van der Waals surface area contributed by atoms with Crippen LogP contribution in [0.25, 0.3) is 10.8 Å². The number of fused-ring (bicyclic) bond motifs is 1. The monoisotopic (exact) mass is 308 g/mol. The highest BCUT2D eigenvalue weighted by Gasteiger charge is 2.08. The molecule has 0 aliphatic rings. The Balaban J connectivity index is 1.51. The summed E-state index contributed by atoms with van der Waals surface area (Å²) in [5.74, 6) is -0.205. The summed E-state index contributed by atoms with van der Waals surface area (Å²) in [6.07, 6.45) is 1.44. The number of furan rings is 1. The van der Waals surface area contributed by atoms with Gasteiger partial charge in [0.1, 0.15) is 0 Å². The Bertz CT molecular complexity index is 825. The molecule has 0 bridgehead atoms. The molecule has 0 atom stereocenters. The van der Waals surface area contributed by atoms with Crippen LogP contribution in [0.15, 0.2) is 65.3 Å². The largest absolute Gasteiger partial charge is 0.459 e. The normalized spacial score (nSPS) is 10.4. The van der Waals surface area contributed by atoms with Crippen molar-refractivity contribution in [1.82, 2.24) is 10.6 Å². The summed E-state index contributed by atoms with van der Waals surface area (Å²) in [6.45, 7) is 0.678. The predicted molar refractivity (Wildman–Crippen MR) is 87.3 cm³/mol. The average molecular weight is 308 g/mol. The fourth-order valence-corrected chi connectivity index (χ4v) is 2.28. The Morgan fingerprint density at radius 3 is 2.30 bits per heavy atom. The van der Waals surface area contributed by atoms with Crippen molar-refractivity contribution in [3.8, 4) is 0 Å². The molecule has 2 amide bonds. The summed E-state index contributed by atoms with van der Waals surface area (Å²) in [7, 11) is 0. The number of benzene rings is 2. The van der Waals surface area contributed by atoms with Gasteiger partial charge in [-0.15, -0.1) is 0 Å². The topological polar surface area (TPSA) is 71.3 Å². The number of carbonyl (C=O) groups is 2. The molecule has 0 aliphatic carbocycles. The number of hydrogen-bond acceptors (Lipinski definition) is 3. The van der Waals surface area contributed by atoms with E-state index in [1.165, 1.54) is 6.26 Å². The van der Waals surface area contributed by atoms with Gasteiger partial charge in [-0.2, -0.15) is 0 Å². The van der Waals surface area contributed by atoms with Gasteiger partial charge in [-0.3, -0.25) is 9.59 Å². The Kier molecular flexibility index (Phi) is 4.38. The molecule has 1 heterocycles. The minimum Gasteiger partial charge on any atom is -0.459 e. The SMILES string of the molecule is O=C(NCCNC(=O)c1ccco1)c1ccc2ccccc2c1. The van der Waals surface area contributed by atoms with E-state index in [0.717, 1.165) is 10.8 Å². The first kappa shape index (κ1) is 14.8. The molecule has 0 radical (unpaired) electrons. The smallest absolute Gasteiger partial charge is 0.287 e. The maximum Gasteiger partial charge on any atom is 0.287 e. The second-order valence-corrected chi connectivity index (χ2v) is 5.05. The number of rotatable bonds is 5. The third-order valence-corrected chi connectivity index (χ3v) is 3.45. The van der Waals surface area contributed by atoms with Crippen LogP contribution in [0.1, 0.15) is 20.9 Å². The first-order chi connectivity index (χ1) is 11.2. The van der Waals surface area contributed by atoms with Crippen LogP contribution in [-0.4, -0.2) is 24.9 Å². The lowest BCUT2D eigenvalue weighted by Gasteiger charge is -2.07. The zero-order chi connectivity index (χ0) is 16.1. The van der Waals surface area contributed by atoms with Gasteiger partial charge < -0.3 is 15.1 Å². The zero-order valence-corrected chi connectivity index (χ0v) is 12.4. The van der Waals surface area contributed by atoms with Gasteiger partial charge in [-0.1, -0.05) is 30.3 Å². The molecule has 116 valence electrons. The highest BCUT2D eigenvalue weighted by molar-refractivity contribution is 5.98. The molecule has 1 aromatic heterocycles. The van der Waals surface area contributed by atoms with Gasteiger partial charge in [0.25, 0.3) is 11.8 Å². The van der Waals surface area contributed by atoms with Crippen LogP contribution in [0, 0.1) is 0 Å². The van der Waals surface area contributed by atoms with Crippen molar-refractivity contribution in [2.24, 2.45) is 0 Å². The highest BCUT2D eigenvalue weighted by atomic mass is 16.3. The molecule has 23 heavy (non-hydrogen) atoms. The molecule has 0 aliphatic heterocycles.